The Hall–Kier alpha value is 0.250. The fourth-order valence-electron chi connectivity index (χ4n) is 1.23. The summed E-state index contributed by atoms with van der Waals surface area (Å²) in [7, 11) is 0. The molecule has 0 spiro atoms. The molecule has 0 saturated heterocycles. The Balaban J connectivity index is 3.54. The highest BCUT2D eigenvalue weighted by Gasteiger charge is 2.04. The fraction of sp³-hybridized carbons (Fsp3) is 0.900. The van der Waals surface area contributed by atoms with Crippen LogP contribution in [0.5, 0.6) is 0 Å². The molecule has 0 aromatic heterocycles. The van der Waals surface area contributed by atoms with Crippen LogP contribution in [-0.2, 0) is 0 Å². The lowest BCUT2D eigenvalue weighted by molar-refractivity contribution is 0.580. The Bertz CT molecular complexity index is 142. The van der Waals surface area contributed by atoms with Crippen LogP contribution in [0.25, 0.3) is 0 Å². The topological polar surface area (TPSA) is 12.4 Å². The normalized spacial score (nSPS) is 14.6. The monoisotopic (exact) mass is 223 g/mol. The van der Waals surface area contributed by atoms with E-state index in [0.29, 0.717) is 11.1 Å². The standard InChI is InChI=1S/C10H19Cl2N/c1-3-4-5-6-7-10(8-11)13-9(2)12/h10H,3-8H2,1-2H3. The number of aliphatic imine (C=N–C) groups is 1. The molecule has 1 unspecified atom stereocenters. The predicted molar refractivity (Wildman–Crippen MR) is 62.2 cm³/mol. The number of hydrogen-bond acceptors (Lipinski definition) is 1. The highest BCUT2D eigenvalue weighted by molar-refractivity contribution is 6.64. The number of halogens is 2. The Kier molecular flexibility index (Phi) is 9.00. The van der Waals surface area contributed by atoms with Gasteiger partial charge in [0.1, 0.15) is 0 Å². The van der Waals surface area contributed by atoms with Crippen molar-refractivity contribution in [1.82, 2.24) is 0 Å². The van der Waals surface area contributed by atoms with Gasteiger partial charge in [-0.05, 0) is 13.3 Å². The molecule has 0 aromatic rings. The Morgan fingerprint density at radius 3 is 2.46 bits per heavy atom. The molecule has 0 aliphatic heterocycles. The fourth-order valence-corrected chi connectivity index (χ4v) is 1.60. The van der Waals surface area contributed by atoms with Crippen LogP contribution in [0.4, 0.5) is 0 Å². The van der Waals surface area contributed by atoms with Crippen molar-refractivity contribution in [3.05, 3.63) is 0 Å². The number of nitrogens with zero attached hydrogens (tertiary/aromatic N) is 1. The second-order valence-corrected chi connectivity index (χ2v) is 4.14. The number of hydrogen-bond donors (Lipinski definition) is 0. The summed E-state index contributed by atoms with van der Waals surface area (Å²) in [5.74, 6) is 0.580. The number of rotatable bonds is 7. The van der Waals surface area contributed by atoms with E-state index < -0.39 is 0 Å². The van der Waals surface area contributed by atoms with Gasteiger partial charge in [0.2, 0.25) is 0 Å². The molecule has 0 aromatic carbocycles. The van der Waals surface area contributed by atoms with Crippen molar-refractivity contribution in [3.63, 3.8) is 0 Å². The van der Waals surface area contributed by atoms with Crippen molar-refractivity contribution < 1.29 is 0 Å². The van der Waals surface area contributed by atoms with Crippen LogP contribution in [-0.4, -0.2) is 17.1 Å². The Labute approximate surface area is 91.5 Å². The van der Waals surface area contributed by atoms with E-state index in [1.807, 2.05) is 0 Å². The van der Waals surface area contributed by atoms with Crippen LogP contribution < -0.4 is 0 Å². The van der Waals surface area contributed by atoms with E-state index >= 15 is 0 Å². The molecule has 0 heterocycles. The molecule has 1 nitrogen and oxygen atoms in total. The second-order valence-electron chi connectivity index (χ2n) is 3.28. The molecule has 0 amide bonds. The van der Waals surface area contributed by atoms with Crippen molar-refractivity contribution in [1.29, 1.82) is 0 Å². The first-order valence-electron chi connectivity index (χ1n) is 4.96. The average molecular weight is 224 g/mol. The van der Waals surface area contributed by atoms with Gasteiger partial charge in [0.15, 0.2) is 0 Å². The first-order valence-corrected chi connectivity index (χ1v) is 5.87. The van der Waals surface area contributed by atoms with E-state index in [-0.39, 0.29) is 6.04 Å². The van der Waals surface area contributed by atoms with E-state index in [4.69, 9.17) is 23.2 Å². The average Bonchev–Trinajstić information content (AvgIpc) is 2.09. The van der Waals surface area contributed by atoms with E-state index in [1.54, 1.807) is 6.92 Å². The molecule has 0 saturated carbocycles. The summed E-state index contributed by atoms with van der Waals surface area (Å²) in [4.78, 5) is 4.24. The zero-order valence-electron chi connectivity index (χ0n) is 8.52. The maximum Gasteiger partial charge on any atom is 0.0975 e. The van der Waals surface area contributed by atoms with Crippen LogP contribution in [0, 0.1) is 0 Å². The molecule has 0 bridgehead atoms. The van der Waals surface area contributed by atoms with Gasteiger partial charge in [0, 0.05) is 5.88 Å². The maximum atomic E-state index is 5.76. The third-order valence-electron chi connectivity index (χ3n) is 1.93. The molecular weight excluding hydrogens is 205 g/mol. The van der Waals surface area contributed by atoms with Crippen LogP contribution in [0.3, 0.4) is 0 Å². The Morgan fingerprint density at radius 2 is 2.00 bits per heavy atom. The van der Waals surface area contributed by atoms with Gasteiger partial charge in [0.25, 0.3) is 0 Å². The van der Waals surface area contributed by atoms with Crippen molar-refractivity contribution in [3.8, 4) is 0 Å². The van der Waals surface area contributed by atoms with Crippen LogP contribution in [0.2, 0.25) is 0 Å². The molecule has 0 aliphatic carbocycles. The lowest BCUT2D eigenvalue weighted by atomic mass is 10.1. The van der Waals surface area contributed by atoms with E-state index in [9.17, 15) is 0 Å². The van der Waals surface area contributed by atoms with Crippen LogP contribution >= 0.6 is 23.2 Å². The van der Waals surface area contributed by atoms with Crippen LogP contribution in [0.1, 0.15) is 46.0 Å². The lowest BCUT2D eigenvalue weighted by Gasteiger charge is -2.08. The minimum atomic E-state index is 0.219. The highest BCUT2D eigenvalue weighted by atomic mass is 35.5. The summed E-state index contributed by atoms with van der Waals surface area (Å²) >= 11 is 11.4. The van der Waals surface area contributed by atoms with Gasteiger partial charge in [-0.25, -0.2) is 0 Å². The summed E-state index contributed by atoms with van der Waals surface area (Å²) in [6.07, 6.45) is 6.12. The molecule has 1 atom stereocenters. The van der Waals surface area contributed by atoms with Gasteiger partial charge < -0.3 is 0 Å². The first kappa shape index (κ1) is 13.2. The minimum absolute atomic E-state index is 0.219. The third kappa shape index (κ3) is 8.58. The summed E-state index contributed by atoms with van der Waals surface area (Å²) in [6.45, 7) is 4.01. The molecule has 78 valence electrons. The molecule has 0 radical (unpaired) electrons. The largest absolute Gasteiger partial charge is 0.273 e. The third-order valence-corrected chi connectivity index (χ3v) is 2.38. The van der Waals surface area contributed by atoms with E-state index in [1.165, 1.54) is 25.7 Å². The smallest absolute Gasteiger partial charge is 0.0975 e. The zero-order valence-corrected chi connectivity index (χ0v) is 10.0. The SMILES string of the molecule is CCCCCCC(CCl)N=C(C)Cl. The zero-order chi connectivity index (χ0) is 10.1. The number of alkyl halides is 1. The van der Waals surface area contributed by atoms with Gasteiger partial charge in [0.05, 0.1) is 11.2 Å². The van der Waals surface area contributed by atoms with Crippen molar-refractivity contribution >= 4 is 28.4 Å². The van der Waals surface area contributed by atoms with Gasteiger partial charge in [-0.3, -0.25) is 4.99 Å². The summed E-state index contributed by atoms with van der Waals surface area (Å²) in [5, 5.41) is 0.612. The Morgan fingerprint density at radius 1 is 1.31 bits per heavy atom. The van der Waals surface area contributed by atoms with E-state index in [2.05, 4.69) is 11.9 Å². The van der Waals surface area contributed by atoms with Gasteiger partial charge in [-0.2, -0.15) is 0 Å². The van der Waals surface area contributed by atoms with Gasteiger partial charge in [-0.1, -0.05) is 44.2 Å². The molecule has 3 heteroatoms. The van der Waals surface area contributed by atoms with Gasteiger partial charge in [-0.15, -0.1) is 11.6 Å². The number of unbranched alkanes of at least 4 members (excludes halogenated alkanes) is 3. The maximum absolute atomic E-state index is 5.76. The highest BCUT2D eigenvalue weighted by Crippen LogP contribution is 2.10. The van der Waals surface area contributed by atoms with Crippen molar-refractivity contribution in [2.75, 3.05) is 5.88 Å². The van der Waals surface area contributed by atoms with Crippen molar-refractivity contribution in [2.24, 2.45) is 4.99 Å². The predicted octanol–water partition coefficient (Wildman–Crippen LogP) is 4.22. The van der Waals surface area contributed by atoms with Crippen molar-refractivity contribution in [2.45, 2.75) is 52.0 Å². The van der Waals surface area contributed by atoms with E-state index in [0.717, 1.165) is 6.42 Å². The quantitative estimate of drug-likeness (QED) is 0.348. The lowest BCUT2D eigenvalue weighted by Crippen LogP contribution is -2.07. The summed E-state index contributed by atoms with van der Waals surface area (Å²) < 4.78 is 0. The molecular formula is C10H19Cl2N. The summed E-state index contributed by atoms with van der Waals surface area (Å²) in [6, 6.07) is 0.219. The molecule has 0 N–H and O–H groups in total. The first-order chi connectivity index (χ1) is 6.20. The second kappa shape index (κ2) is 8.83. The minimum Gasteiger partial charge on any atom is -0.273 e. The molecule has 13 heavy (non-hydrogen) atoms. The molecule has 0 aliphatic rings. The molecule has 0 fully saturated rings. The summed E-state index contributed by atoms with van der Waals surface area (Å²) in [5.41, 5.74) is 0. The van der Waals surface area contributed by atoms with Crippen LogP contribution in [0.15, 0.2) is 4.99 Å². The molecule has 0 rings (SSSR count). The van der Waals surface area contributed by atoms with Gasteiger partial charge >= 0.3 is 0 Å².